The summed E-state index contributed by atoms with van der Waals surface area (Å²) in [4.78, 5) is 11.1. The van der Waals surface area contributed by atoms with Gasteiger partial charge in [0, 0.05) is 35.9 Å². The van der Waals surface area contributed by atoms with Gasteiger partial charge in [-0.2, -0.15) is 0 Å². The second kappa shape index (κ2) is 9.34. The number of hydrogen-bond acceptors (Lipinski definition) is 4. The largest absolute Gasteiger partial charge is 0.490 e. The zero-order valence-electron chi connectivity index (χ0n) is 15.6. The number of anilines is 2. The Kier molecular flexibility index (Phi) is 7.16. The third-order valence-electron chi connectivity index (χ3n) is 3.46. The maximum absolute atomic E-state index is 11.1. The predicted octanol–water partition coefficient (Wildman–Crippen LogP) is 5.10. The van der Waals surface area contributed by atoms with Crippen molar-refractivity contribution in [3.05, 3.63) is 47.0 Å². The molecule has 0 aromatic heterocycles. The number of ether oxygens (including phenoxy) is 2. The Morgan fingerprint density at radius 1 is 1.12 bits per heavy atom. The van der Waals surface area contributed by atoms with Gasteiger partial charge in [-0.05, 0) is 56.7 Å². The van der Waals surface area contributed by atoms with Crippen LogP contribution in [0.3, 0.4) is 0 Å². The lowest BCUT2D eigenvalue weighted by molar-refractivity contribution is -0.114. The molecule has 2 aromatic rings. The minimum Gasteiger partial charge on any atom is -0.490 e. The minimum atomic E-state index is -0.0929. The summed E-state index contributed by atoms with van der Waals surface area (Å²) in [5.74, 6) is 1.24. The summed E-state index contributed by atoms with van der Waals surface area (Å²) in [5, 5.41) is 6.68. The van der Waals surface area contributed by atoms with Gasteiger partial charge in [-0.15, -0.1) is 0 Å². The van der Waals surface area contributed by atoms with Crippen molar-refractivity contribution in [2.75, 3.05) is 17.2 Å². The van der Waals surface area contributed by atoms with Crippen LogP contribution in [0.5, 0.6) is 11.5 Å². The zero-order chi connectivity index (χ0) is 19.1. The molecule has 2 N–H and O–H groups in total. The molecule has 0 spiro atoms. The third kappa shape index (κ3) is 5.85. The Balaban J connectivity index is 2.10. The standard InChI is InChI=1S/C20H25ClN2O3/c1-5-25-19-10-15(18(21)11-20(19)26-13(2)3)12-22-16-6-8-17(9-7-16)23-14(4)24/h6-11,13,22H,5,12H2,1-4H3,(H,23,24). The summed E-state index contributed by atoms with van der Waals surface area (Å²) >= 11 is 6.41. The van der Waals surface area contributed by atoms with E-state index in [1.54, 1.807) is 6.07 Å². The van der Waals surface area contributed by atoms with Crippen LogP contribution in [0.1, 0.15) is 33.3 Å². The number of halogens is 1. The van der Waals surface area contributed by atoms with Crippen molar-refractivity contribution in [3.8, 4) is 11.5 Å². The fourth-order valence-corrected chi connectivity index (χ4v) is 2.62. The molecule has 0 unspecified atom stereocenters. The molecule has 0 radical (unpaired) electrons. The first-order chi connectivity index (χ1) is 12.4. The van der Waals surface area contributed by atoms with Crippen LogP contribution >= 0.6 is 11.6 Å². The summed E-state index contributed by atoms with van der Waals surface area (Å²) in [6.07, 6.45) is 0.0383. The number of benzene rings is 2. The van der Waals surface area contributed by atoms with Gasteiger partial charge in [0.15, 0.2) is 11.5 Å². The molecule has 26 heavy (non-hydrogen) atoms. The highest BCUT2D eigenvalue weighted by atomic mass is 35.5. The van der Waals surface area contributed by atoms with E-state index < -0.39 is 0 Å². The molecule has 0 saturated carbocycles. The fourth-order valence-electron chi connectivity index (χ4n) is 2.40. The summed E-state index contributed by atoms with van der Waals surface area (Å²) in [6.45, 7) is 8.43. The van der Waals surface area contributed by atoms with Crippen LogP contribution in [0.25, 0.3) is 0 Å². The number of hydrogen-bond donors (Lipinski definition) is 2. The Bertz CT molecular complexity index is 745. The van der Waals surface area contributed by atoms with Crippen molar-refractivity contribution in [2.45, 2.75) is 40.3 Å². The molecule has 0 fully saturated rings. The Morgan fingerprint density at radius 2 is 1.77 bits per heavy atom. The van der Waals surface area contributed by atoms with E-state index in [9.17, 15) is 4.79 Å². The Hall–Kier alpha value is -2.40. The molecule has 0 atom stereocenters. The minimum absolute atomic E-state index is 0.0383. The zero-order valence-corrected chi connectivity index (χ0v) is 16.3. The number of amides is 1. The van der Waals surface area contributed by atoms with E-state index in [1.165, 1.54) is 6.92 Å². The topological polar surface area (TPSA) is 59.6 Å². The van der Waals surface area contributed by atoms with Gasteiger partial charge >= 0.3 is 0 Å². The first kappa shape index (κ1) is 19.9. The molecule has 0 heterocycles. The average Bonchev–Trinajstić information content (AvgIpc) is 2.56. The lowest BCUT2D eigenvalue weighted by atomic mass is 10.2. The van der Waals surface area contributed by atoms with Crippen LogP contribution in [0, 0.1) is 0 Å². The Morgan fingerprint density at radius 3 is 2.35 bits per heavy atom. The molecule has 140 valence electrons. The number of nitrogens with one attached hydrogen (secondary N) is 2. The van der Waals surface area contributed by atoms with Gasteiger partial charge in [0.25, 0.3) is 0 Å². The van der Waals surface area contributed by atoms with Crippen molar-refractivity contribution in [1.29, 1.82) is 0 Å². The molecule has 2 rings (SSSR count). The monoisotopic (exact) mass is 376 g/mol. The number of carbonyl (C=O) groups is 1. The van der Waals surface area contributed by atoms with E-state index in [0.717, 1.165) is 16.9 Å². The Labute approximate surface area is 159 Å². The molecule has 0 saturated heterocycles. The smallest absolute Gasteiger partial charge is 0.221 e. The van der Waals surface area contributed by atoms with Crippen molar-refractivity contribution in [2.24, 2.45) is 0 Å². The van der Waals surface area contributed by atoms with E-state index in [2.05, 4.69) is 10.6 Å². The summed E-state index contributed by atoms with van der Waals surface area (Å²) in [7, 11) is 0. The van der Waals surface area contributed by atoms with Crippen LogP contribution in [-0.4, -0.2) is 18.6 Å². The lowest BCUT2D eigenvalue weighted by Crippen LogP contribution is -2.09. The molecule has 0 aliphatic carbocycles. The highest BCUT2D eigenvalue weighted by Crippen LogP contribution is 2.34. The van der Waals surface area contributed by atoms with Crippen LogP contribution < -0.4 is 20.1 Å². The second-order valence-corrected chi connectivity index (χ2v) is 6.51. The second-order valence-electron chi connectivity index (χ2n) is 6.10. The van der Waals surface area contributed by atoms with Gasteiger partial charge in [0.05, 0.1) is 12.7 Å². The highest BCUT2D eigenvalue weighted by Gasteiger charge is 2.12. The van der Waals surface area contributed by atoms with Crippen LogP contribution in [0.4, 0.5) is 11.4 Å². The molecule has 0 bridgehead atoms. The number of carbonyl (C=O) groups excluding carboxylic acids is 1. The average molecular weight is 377 g/mol. The van der Waals surface area contributed by atoms with Crippen LogP contribution in [-0.2, 0) is 11.3 Å². The normalized spacial score (nSPS) is 10.5. The molecule has 0 aliphatic heterocycles. The molecule has 2 aromatic carbocycles. The lowest BCUT2D eigenvalue weighted by Gasteiger charge is -2.17. The first-order valence-electron chi connectivity index (χ1n) is 8.62. The molecule has 1 amide bonds. The quantitative estimate of drug-likeness (QED) is 0.673. The summed E-state index contributed by atoms with van der Waals surface area (Å²) in [6, 6.07) is 11.2. The molecule has 5 nitrogen and oxygen atoms in total. The van der Waals surface area contributed by atoms with E-state index in [-0.39, 0.29) is 12.0 Å². The van der Waals surface area contributed by atoms with E-state index >= 15 is 0 Å². The predicted molar refractivity (Wildman–Crippen MR) is 106 cm³/mol. The maximum atomic E-state index is 11.1. The van der Waals surface area contributed by atoms with E-state index in [1.807, 2.05) is 51.1 Å². The van der Waals surface area contributed by atoms with Gasteiger partial charge in [-0.25, -0.2) is 0 Å². The van der Waals surface area contributed by atoms with Crippen molar-refractivity contribution in [3.63, 3.8) is 0 Å². The van der Waals surface area contributed by atoms with Crippen molar-refractivity contribution >= 4 is 28.9 Å². The number of rotatable bonds is 8. The van der Waals surface area contributed by atoms with E-state index in [4.69, 9.17) is 21.1 Å². The van der Waals surface area contributed by atoms with Crippen LogP contribution in [0.2, 0.25) is 5.02 Å². The maximum Gasteiger partial charge on any atom is 0.221 e. The molecule has 6 heteroatoms. The van der Waals surface area contributed by atoms with Gasteiger partial charge in [-0.1, -0.05) is 11.6 Å². The SMILES string of the molecule is CCOc1cc(CNc2ccc(NC(C)=O)cc2)c(Cl)cc1OC(C)C. The fraction of sp³-hybridized carbons (Fsp3) is 0.350. The summed E-state index contributed by atoms with van der Waals surface area (Å²) in [5.41, 5.74) is 2.60. The van der Waals surface area contributed by atoms with Gasteiger partial charge in [-0.3, -0.25) is 4.79 Å². The van der Waals surface area contributed by atoms with E-state index in [0.29, 0.717) is 29.7 Å². The highest BCUT2D eigenvalue weighted by molar-refractivity contribution is 6.31. The van der Waals surface area contributed by atoms with Crippen molar-refractivity contribution in [1.82, 2.24) is 0 Å². The molecular formula is C20H25ClN2O3. The van der Waals surface area contributed by atoms with Crippen molar-refractivity contribution < 1.29 is 14.3 Å². The van der Waals surface area contributed by atoms with Gasteiger partial charge in [0.1, 0.15) is 0 Å². The summed E-state index contributed by atoms with van der Waals surface area (Å²) < 4.78 is 11.5. The molecule has 0 aliphatic rings. The van der Waals surface area contributed by atoms with Gasteiger partial charge < -0.3 is 20.1 Å². The third-order valence-corrected chi connectivity index (χ3v) is 3.82. The van der Waals surface area contributed by atoms with Crippen LogP contribution in [0.15, 0.2) is 36.4 Å². The van der Waals surface area contributed by atoms with Gasteiger partial charge in [0.2, 0.25) is 5.91 Å². The first-order valence-corrected chi connectivity index (χ1v) is 9.00. The molecular weight excluding hydrogens is 352 g/mol.